The number of nitrogens with one attached hydrogen (secondary N) is 1. The number of hydrogen-bond donors (Lipinski definition) is 3. The predicted molar refractivity (Wildman–Crippen MR) is 122 cm³/mol. The van der Waals surface area contributed by atoms with Gasteiger partial charge in [-0.15, -0.1) is 6.42 Å². The number of pyridine rings is 1. The SMILES string of the molecule is C#CCn1c(CNCC)c(N(N)c2cc(F)c(F)cc2N)c(=O)n(-c2cncc(C)c2)c1=O. The molecule has 0 aliphatic carbocycles. The molecule has 3 rings (SSSR count). The summed E-state index contributed by atoms with van der Waals surface area (Å²) in [5.41, 5.74) is 4.85. The summed E-state index contributed by atoms with van der Waals surface area (Å²) in [5, 5.41) is 3.86. The van der Waals surface area contributed by atoms with Gasteiger partial charge in [0.2, 0.25) is 0 Å². The fourth-order valence-electron chi connectivity index (χ4n) is 3.37. The van der Waals surface area contributed by atoms with E-state index in [0.717, 1.165) is 21.7 Å². The summed E-state index contributed by atoms with van der Waals surface area (Å²) in [7, 11) is 0. The largest absolute Gasteiger partial charge is 0.397 e. The van der Waals surface area contributed by atoms with Crippen LogP contribution in [0.2, 0.25) is 0 Å². The summed E-state index contributed by atoms with van der Waals surface area (Å²) in [6.07, 6.45) is 8.40. The number of nitrogens with two attached hydrogens (primary N) is 2. The van der Waals surface area contributed by atoms with Gasteiger partial charge in [0.25, 0.3) is 5.56 Å². The average Bonchev–Trinajstić information content (AvgIpc) is 2.76. The molecule has 0 unspecified atom stereocenters. The highest BCUT2D eigenvalue weighted by Crippen LogP contribution is 2.30. The van der Waals surface area contributed by atoms with Gasteiger partial charge in [0.1, 0.15) is 5.69 Å². The molecule has 0 aliphatic heterocycles. The topological polar surface area (TPSA) is 124 Å². The Morgan fingerprint density at radius 2 is 1.91 bits per heavy atom. The van der Waals surface area contributed by atoms with Crippen LogP contribution in [0.1, 0.15) is 18.2 Å². The minimum Gasteiger partial charge on any atom is -0.397 e. The van der Waals surface area contributed by atoms with Crippen molar-refractivity contribution in [2.75, 3.05) is 17.3 Å². The Bertz CT molecular complexity index is 1360. The van der Waals surface area contributed by atoms with Crippen LogP contribution < -0.4 is 33.2 Å². The van der Waals surface area contributed by atoms with Crippen molar-refractivity contribution in [1.29, 1.82) is 0 Å². The van der Waals surface area contributed by atoms with Crippen molar-refractivity contribution < 1.29 is 8.78 Å². The summed E-state index contributed by atoms with van der Waals surface area (Å²) >= 11 is 0. The lowest BCUT2D eigenvalue weighted by Gasteiger charge is -2.26. The molecule has 0 spiro atoms. The standard InChI is InChI=1S/C22H23F2N7O2/c1-4-6-29-19(12-27-5-2)20(31(26)18-9-16(24)15(23)8-17(18)25)21(32)30(22(29)33)14-7-13(3)10-28-11-14/h1,7-11,27H,5-6,12,25-26H2,2-3H3. The molecule has 2 aromatic heterocycles. The van der Waals surface area contributed by atoms with Gasteiger partial charge in [-0.25, -0.2) is 24.0 Å². The van der Waals surface area contributed by atoms with E-state index in [-0.39, 0.29) is 41.5 Å². The first-order valence-corrected chi connectivity index (χ1v) is 9.95. The Kier molecular flexibility index (Phi) is 6.91. The van der Waals surface area contributed by atoms with Gasteiger partial charge >= 0.3 is 5.69 Å². The molecule has 0 saturated heterocycles. The van der Waals surface area contributed by atoms with Crippen molar-refractivity contribution in [2.45, 2.75) is 26.9 Å². The van der Waals surface area contributed by atoms with E-state index in [1.54, 1.807) is 19.2 Å². The minimum atomic E-state index is -1.21. The normalized spacial score (nSPS) is 10.8. The second-order valence-corrected chi connectivity index (χ2v) is 7.20. The number of halogens is 2. The van der Waals surface area contributed by atoms with Crippen molar-refractivity contribution in [1.82, 2.24) is 19.4 Å². The van der Waals surface area contributed by atoms with Crippen LogP contribution in [0.25, 0.3) is 5.69 Å². The number of aryl methyl sites for hydroxylation is 1. The molecular formula is C22H23F2N7O2. The van der Waals surface area contributed by atoms with Crippen LogP contribution in [-0.2, 0) is 13.1 Å². The minimum absolute atomic E-state index is 0.0438. The van der Waals surface area contributed by atoms with Crippen molar-refractivity contribution in [3.8, 4) is 18.0 Å². The Morgan fingerprint density at radius 3 is 2.55 bits per heavy atom. The first kappa shape index (κ1) is 23.6. The maximum Gasteiger partial charge on any atom is 0.336 e. The van der Waals surface area contributed by atoms with Gasteiger partial charge in [-0.2, -0.15) is 0 Å². The number of hydrazine groups is 1. The maximum atomic E-state index is 14.0. The molecular weight excluding hydrogens is 432 g/mol. The number of terminal acetylenes is 1. The fraction of sp³-hybridized carbons (Fsp3) is 0.227. The highest BCUT2D eigenvalue weighted by atomic mass is 19.2. The Balaban J connectivity index is 2.42. The van der Waals surface area contributed by atoms with Gasteiger partial charge in [0.15, 0.2) is 11.6 Å². The van der Waals surface area contributed by atoms with E-state index in [1.165, 1.54) is 10.8 Å². The number of aromatic nitrogens is 3. The summed E-state index contributed by atoms with van der Waals surface area (Å²) in [6.45, 7) is 3.96. The molecule has 11 heteroatoms. The van der Waals surface area contributed by atoms with Crippen LogP contribution in [0.4, 0.5) is 25.8 Å². The number of hydrogen-bond acceptors (Lipinski definition) is 7. The molecule has 2 heterocycles. The molecule has 1 aromatic carbocycles. The van der Waals surface area contributed by atoms with Gasteiger partial charge in [-0.05, 0) is 25.1 Å². The molecule has 0 amide bonds. The molecule has 0 aliphatic rings. The molecule has 3 aromatic rings. The molecule has 172 valence electrons. The van der Waals surface area contributed by atoms with Gasteiger partial charge in [0, 0.05) is 24.9 Å². The highest BCUT2D eigenvalue weighted by Gasteiger charge is 2.25. The molecule has 0 saturated carbocycles. The van der Waals surface area contributed by atoms with E-state index in [0.29, 0.717) is 12.1 Å². The van der Waals surface area contributed by atoms with Crippen molar-refractivity contribution in [3.05, 3.63) is 74.3 Å². The average molecular weight is 455 g/mol. The van der Waals surface area contributed by atoms with Crippen molar-refractivity contribution in [2.24, 2.45) is 5.84 Å². The lowest BCUT2D eigenvalue weighted by Crippen LogP contribution is -2.46. The summed E-state index contributed by atoms with van der Waals surface area (Å²) in [6, 6.07) is 3.13. The molecule has 0 radical (unpaired) electrons. The van der Waals surface area contributed by atoms with Gasteiger partial charge in [-0.3, -0.25) is 19.4 Å². The first-order chi connectivity index (χ1) is 15.7. The molecule has 0 atom stereocenters. The third-order valence-corrected chi connectivity index (χ3v) is 4.91. The summed E-state index contributed by atoms with van der Waals surface area (Å²) in [4.78, 5) is 31.0. The third kappa shape index (κ3) is 4.48. The summed E-state index contributed by atoms with van der Waals surface area (Å²) in [5.74, 6) is 6.26. The molecule has 9 nitrogen and oxygen atoms in total. The Hall–Kier alpha value is -4.01. The van der Waals surface area contributed by atoms with E-state index in [2.05, 4.69) is 16.2 Å². The zero-order valence-corrected chi connectivity index (χ0v) is 18.1. The summed E-state index contributed by atoms with van der Waals surface area (Å²) < 4.78 is 29.7. The number of rotatable bonds is 7. The van der Waals surface area contributed by atoms with Crippen LogP contribution >= 0.6 is 0 Å². The monoisotopic (exact) mass is 455 g/mol. The lowest BCUT2D eigenvalue weighted by atomic mass is 10.2. The van der Waals surface area contributed by atoms with Gasteiger partial charge in [-0.1, -0.05) is 12.8 Å². The van der Waals surface area contributed by atoms with E-state index in [4.69, 9.17) is 18.0 Å². The zero-order chi connectivity index (χ0) is 24.3. The lowest BCUT2D eigenvalue weighted by molar-refractivity contribution is 0.509. The number of nitrogen functional groups attached to an aromatic ring is 1. The predicted octanol–water partition coefficient (Wildman–Crippen LogP) is 1.32. The third-order valence-electron chi connectivity index (χ3n) is 4.91. The zero-order valence-electron chi connectivity index (χ0n) is 18.1. The maximum absolute atomic E-state index is 14.0. The first-order valence-electron chi connectivity index (χ1n) is 9.95. The van der Waals surface area contributed by atoms with Gasteiger partial charge in [0.05, 0.1) is 35.5 Å². The van der Waals surface area contributed by atoms with Crippen LogP contribution in [0, 0.1) is 30.9 Å². The van der Waals surface area contributed by atoms with E-state index in [9.17, 15) is 18.4 Å². The Morgan fingerprint density at radius 1 is 1.21 bits per heavy atom. The van der Waals surface area contributed by atoms with Crippen LogP contribution in [0.3, 0.4) is 0 Å². The van der Waals surface area contributed by atoms with Crippen molar-refractivity contribution in [3.63, 3.8) is 0 Å². The fourth-order valence-corrected chi connectivity index (χ4v) is 3.37. The quantitative estimate of drug-likeness (QED) is 0.212. The molecule has 0 bridgehead atoms. The molecule has 0 fully saturated rings. The number of anilines is 3. The number of benzene rings is 1. The smallest absolute Gasteiger partial charge is 0.336 e. The van der Waals surface area contributed by atoms with Crippen LogP contribution in [-0.4, -0.2) is 20.7 Å². The van der Waals surface area contributed by atoms with E-state index in [1.807, 2.05) is 6.92 Å². The second kappa shape index (κ2) is 9.64. The molecule has 5 N–H and O–H groups in total. The Labute approximate surface area is 188 Å². The van der Waals surface area contributed by atoms with Gasteiger partial charge < -0.3 is 11.1 Å². The highest BCUT2D eigenvalue weighted by molar-refractivity contribution is 5.74. The number of nitrogens with zero attached hydrogens (tertiary/aromatic N) is 4. The van der Waals surface area contributed by atoms with E-state index >= 15 is 0 Å². The van der Waals surface area contributed by atoms with Crippen LogP contribution in [0.15, 0.2) is 40.2 Å². The molecule has 33 heavy (non-hydrogen) atoms. The van der Waals surface area contributed by atoms with Crippen LogP contribution in [0.5, 0.6) is 0 Å². The second-order valence-electron chi connectivity index (χ2n) is 7.20. The van der Waals surface area contributed by atoms with E-state index < -0.39 is 22.9 Å². The van der Waals surface area contributed by atoms with Crippen molar-refractivity contribution >= 4 is 17.1 Å².